The Balaban J connectivity index is 2.73. The van der Waals surface area contributed by atoms with Crippen molar-refractivity contribution in [3.8, 4) is 5.75 Å². The van der Waals surface area contributed by atoms with Gasteiger partial charge in [-0.1, -0.05) is 11.6 Å². The highest BCUT2D eigenvalue weighted by atomic mass is 35.5. The highest BCUT2D eigenvalue weighted by Crippen LogP contribution is 2.28. The van der Waals surface area contributed by atoms with Crippen molar-refractivity contribution < 1.29 is 4.74 Å². The Hall–Kier alpha value is -1.15. The van der Waals surface area contributed by atoms with Gasteiger partial charge < -0.3 is 9.72 Å². The Bertz CT molecular complexity index is 408. The van der Waals surface area contributed by atoms with Crippen LogP contribution in [-0.4, -0.2) is 12.1 Å². The highest BCUT2D eigenvalue weighted by molar-refractivity contribution is 6.32. The van der Waals surface area contributed by atoms with Crippen molar-refractivity contribution in [2.45, 2.75) is 0 Å². The Kier molecular flexibility index (Phi) is 1.70. The fourth-order valence-electron chi connectivity index (χ4n) is 1.21. The highest BCUT2D eigenvalue weighted by Gasteiger charge is 2.02. The molecule has 62 valence electrons. The number of halogens is 1. The molecule has 0 aliphatic carbocycles. The van der Waals surface area contributed by atoms with Crippen molar-refractivity contribution >= 4 is 22.5 Å². The second-order valence-electron chi connectivity index (χ2n) is 2.55. The van der Waals surface area contributed by atoms with Crippen LogP contribution < -0.4 is 4.74 Å². The Labute approximate surface area is 75.1 Å². The number of methoxy groups -OCH3 is 1. The van der Waals surface area contributed by atoms with Gasteiger partial charge in [-0.15, -0.1) is 0 Å². The number of hydrogen-bond acceptors (Lipinski definition) is 1. The van der Waals surface area contributed by atoms with Crippen LogP contribution in [0, 0.1) is 0 Å². The number of aromatic nitrogens is 1. The van der Waals surface area contributed by atoms with Crippen molar-refractivity contribution in [3.05, 3.63) is 29.4 Å². The molecule has 0 saturated carbocycles. The van der Waals surface area contributed by atoms with Crippen molar-refractivity contribution in [2.75, 3.05) is 7.11 Å². The molecule has 1 heterocycles. The maximum atomic E-state index is 5.92. The van der Waals surface area contributed by atoms with E-state index < -0.39 is 0 Å². The van der Waals surface area contributed by atoms with Crippen LogP contribution in [0.2, 0.25) is 5.02 Å². The van der Waals surface area contributed by atoms with E-state index in [1.165, 1.54) is 0 Å². The minimum absolute atomic E-state index is 0.643. The number of ether oxygens (including phenoxy) is 1. The Morgan fingerprint density at radius 2 is 2.25 bits per heavy atom. The van der Waals surface area contributed by atoms with Gasteiger partial charge in [0.05, 0.1) is 12.1 Å². The lowest BCUT2D eigenvalue weighted by Crippen LogP contribution is -1.83. The van der Waals surface area contributed by atoms with E-state index in [1.54, 1.807) is 7.11 Å². The fourth-order valence-corrected chi connectivity index (χ4v) is 1.46. The van der Waals surface area contributed by atoms with E-state index in [2.05, 4.69) is 4.98 Å². The largest absolute Gasteiger partial charge is 0.495 e. The fraction of sp³-hybridized carbons (Fsp3) is 0.111. The molecule has 1 N–H and O–H groups in total. The summed E-state index contributed by atoms with van der Waals surface area (Å²) in [5, 5.41) is 1.74. The van der Waals surface area contributed by atoms with E-state index in [9.17, 15) is 0 Å². The molecule has 2 rings (SSSR count). The molecule has 0 radical (unpaired) electrons. The summed E-state index contributed by atoms with van der Waals surface area (Å²) in [6.07, 6.45) is 1.88. The van der Waals surface area contributed by atoms with Gasteiger partial charge in [0, 0.05) is 23.2 Å². The van der Waals surface area contributed by atoms with E-state index in [0.29, 0.717) is 10.8 Å². The summed E-state index contributed by atoms with van der Waals surface area (Å²) in [7, 11) is 1.61. The monoisotopic (exact) mass is 181 g/mol. The quantitative estimate of drug-likeness (QED) is 0.719. The SMILES string of the molecule is COc1cc2[nH]ccc2cc1Cl. The molecule has 2 nitrogen and oxygen atoms in total. The van der Waals surface area contributed by atoms with Gasteiger partial charge in [-0.25, -0.2) is 0 Å². The minimum atomic E-state index is 0.643. The molecular formula is C9H8ClNO. The van der Waals surface area contributed by atoms with Crippen molar-refractivity contribution in [2.24, 2.45) is 0 Å². The van der Waals surface area contributed by atoms with Crippen LogP contribution in [0.15, 0.2) is 24.4 Å². The van der Waals surface area contributed by atoms with E-state index in [0.717, 1.165) is 10.9 Å². The van der Waals surface area contributed by atoms with Crippen LogP contribution in [0.1, 0.15) is 0 Å². The summed E-state index contributed by atoms with van der Waals surface area (Å²) in [5.41, 5.74) is 1.04. The van der Waals surface area contributed by atoms with Crippen LogP contribution >= 0.6 is 11.6 Å². The number of aromatic amines is 1. The van der Waals surface area contributed by atoms with Gasteiger partial charge in [0.25, 0.3) is 0 Å². The molecule has 1 aromatic carbocycles. The molecule has 0 atom stereocenters. The molecule has 0 aliphatic heterocycles. The predicted molar refractivity (Wildman–Crippen MR) is 49.9 cm³/mol. The van der Waals surface area contributed by atoms with Crippen LogP contribution in [0.25, 0.3) is 10.9 Å². The number of fused-ring (bicyclic) bond motifs is 1. The Morgan fingerprint density at radius 1 is 1.42 bits per heavy atom. The summed E-state index contributed by atoms with van der Waals surface area (Å²) in [6, 6.07) is 5.74. The summed E-state index contributed by atoms with van der Waals surface area (Å²) in [5.74, 6) is 0.701. The third-order valence-electron chi connectivity index (χ3n) is 1.83. The summed E-state index contributed by atoms with van der Waals surface area (Å²) >= 11 is 5.92. The average Bonchev–Trinajstić information content (AvgIpc) is 2.49. The van der Waals surface area contributed by atoms with Gasteiger partial charge in [0.2, 0.25) is 0 Å². The zero-order valence-electron chi connectivity index (χ0n) is 6.60. The van der Waals surface area contributed by atoms with Gasteiger partial charge in [-0.05, 0) is 12.1 Å². The first-order chi connectivity index (χ1) is 5.81. The summed E-state index contributed by atoms with van der Waals surface area (Å²) < 4.78 is 5.07. The number of benzene rings is 1. The van der Waals surface area contributed by atoms with E-state index in [4.69, 9.17) is 16.3 Å². The molecule has 12 heavy (non-hydrogen) atoms. The zero-order valence-corrected chi connectivity index (χ0v) is 7.35. The molecule has 0 saturated heterocycles. The first-order valence-electron chi connectivity index (χ1n) is 3.62. The van der Waals surface area contributed by atoms with Crippen molar-refractivity contribution in [3.63, 3.8) is 0 Å². The molecule has 0 amide bonds. The second kappa shape index (κ2) is 2.72. The summed E-state index contributed by atoms with van der Waals surface area (Å²) in [6.45, 7) is 0. The van der Waals surface area contributed by atoms with Crippen LogP contribution in [0.4, 0.5) is 0 Å². The van der Waals surface area contributed by atoms with Crippen LogP contribution in [0.3, 0.4) is 0 Å². The minimum Gasteiger partial charge on any atom is -0.495 e. The molecule has 0 bridgehead atoms. The van der Waals surface area contributed by atoms with E-state index in [1.807, 2.05) is 24.4 Å². The number of H-pyrrole nitrogens is 1. The van der Waals surface area contributed by atoms with Crippen molar-refractivity contribution in [1.29, 1.82) is 0 Å². The Morgan fingerprint density at radius 3 is 3.00 bits per heavy atom. The lowest BCUT2D eigenvalue weighted by molar-refractivity contribution is 0.415. The van der Waals surface area contributed by atoms with Gasteiger partial charge in [0.1, 0.15) is 5.75 Å². The molecular weight excluding hydrogens is 174 g/mol. The van der Waals surface area contributed by atoms with Gasteiger partial charge in [-0.3, -0.25) is 0 Å². The normalized spacial score (nSPS) is 10.5. The predicted octanol–water partition coefficient (Wildman–Crippen LogP) is 2.83. The average molecular weight is 182 g/mol. The number of hydrogen-bond donors (Lipinski definition) is 1. The zero-order chi connectivity index (χ0) is 8.55. The maximum absolute atomic E-state index is 5.92. The molecule has 0 spiro atoms. The number of nitrogens with one attached hydrogen (secondary N) is 1. The standard InChI is InChI=1S/C9H8ClNO/c1-12-9-5-8-6(2-3-11-8)4-7(9)10/h2-5,11H,1H3. The van der Waals surface area contributed by atoms with E-state index >= 15 is 0 Å². The first kappa shape index (κ1) is 7.50. The van der Waals surface area contributed by atoms with Crippen LogP contribution in [0.5, 0.6) is 5.75 Å². The van der Waals surface area contributed by atoms with Gasteiger partial charge in [0.15, 0.2) is 0 Å². The lowest BCUT2D eigenvalue weighted by Gasteiger charge is -2.01. The maximum Gasteiger partial charge on any atom is 0.139 e. The van der Waals surface area contributed by atoms with E-state index in [-0.39, 0.29) is 0 Å². The van der Waals surface area contributed by atoms with Gasteiger partial charge in [-0.2, -0.15) is 0 Å². The molecule has 1 aromatic heterocycles. The molecule has 0 fully saturated rings. The molecule has 0 aliphatic rings. The third kappa shape index (κ3) is 1.04. The van der Waals surface area contributed by atoms with Crippen LogP contribution in [-0.2, 0) is 0 Å². The lowest BCUT2D eigenvalue weighted by atomic mass is 10.2. The second-order valence-corrected chi connectivity index (χ2v) is 2.96. The first-order valence-corrected chi connectivity index (χ1v) is 3.99. The summed E-state index contributed by atoms with van der Waals surface area (Å²) in [4.78, 5) is 3.08. The molecule has 2 aromatic rings. The third-order valence-corrected chi connectivity index (χ3v) is 2.12. The molecule has 0 unspecified atom stereocenters. The van der Waals surface area contributed by atoms with Crippen molar-refractivity contribution in [1.82, 2.24) is 4.98 Å². The topological polar surface area (TPSA) is 25.0 Å². The smallest absolute Gasteiger partial charge is 0.139 e. The van der Waals surface area contributed by atoms with Gasteiger partial charge >= 0.3 is 0 Å². The molecule has 3 heteroatoms. The number of rotatable bonds is 1.